The molecule has 2 aliphatic heterocycles. The molecular weight excluding hydrogens is 348 g/mol. The lowest BCUT2D eigenvalue weighted by Crippen LogP contribution is -2.51. The van der Waals surface area contributed by atoms with E-state index in [1.807, 2.05) is 6.92 Å². The first-order valence-corrected chi connectivity index (χ1v) is 10.9. The number of nitrogens with one attached hydrogen (secondary N) is 1. The van der Waals surface area contributed by atoms with Gasteiger partial charge in [0.2, 0.25) is 5.71 Å². The van der Waals surface area contributed by atoms with Crippen molar-refractivity contribution in [3.05, 3.63) is 35.5 Å². The number of aromatic amines is 1. The highest BCUT2D eigenvalue weighted by atomic mass is 16.5. The van der Waals surface area contributed by atoms with Crippen LogP contribution in [0.15, 0.2) is 24.3 Å². The molecule has 1 aromatic heterocycles. The molecule has 1 aromatic carbocycles. The zero-order valence-electron chi connectivity index (χ0n) is 17.7. The van der Waals surface area contributed by atoms with Gasteiger partial charge in [-0.05, 0) is 37.8 Å². The summed E-state index contributed by atoms with van der Waals surface area (Å²) in [6.45, 7) is 10.5. The van der Waals surface area contributed by atoms with Crippen molar-refractivity contribution in [2.45, 2.75) is 65.9 Å². The third-order valence-electron chi connectivity index (χ3n) is 7.23. The fourth-order valence-electron chi connectivity index (χ4n) is 5.35. The van der Waals surface area contributed by atoms with Crippen molar-refractivity contribution in [3.63, 3.8) is 0 Å². The molecule has 1 N–H and O–H groups in total. The number of esters is 1. The Hall–Kier alpha value is -2.10. The van der Waals surface area contributed by atoms with E-state index >= 15 is 0 Å². The molecule has 0 saturated carbocycles. The van der Waals surface area contributed by atoms with Crippen LogP contribution in [0.4, 0.5) is 0 Å². The van der Waals surface area contributed by atoms with E-state index in [0.717, 1.165) is 45.2 Å². The molecular formula is C24H33N2O2+. The van der Waals surface area contributed by atoms with E-state index in [4.69, 9.17) is 4.74 Å². The lowest BCUT2D eigenvalue weighted by molar-refractivity contribution is -0.539. The molecule has 2 aliphatic rings. The highest BCUT2D eigenvalue weighted by Crippen LogP contribution is 2.45. The lowest BCUT2D eigenvalue weighted by Gasteiger charge is -2.40. The maximum atomic E-state index is 13.1. The van der Waals surface area contributed by atoms with E-state index in [9.17, 15) is 4.79 Å². The average Bonchev–Trinajstić information content (AvgIpc) is 3.11. The summed E-state index contributed by atoms with van der Waals surface area (Å²) in [6, 6.07) is 8.59. The van der Waals surface area contributed by atoms with Crippen molar-refractivity contribution in [2.24, 2.45) is 11.3 Å². The quantitative estimate of drug-likeness (QED) is 0.603. The highest BCUT2D eigenvalue weighted by molar-refractivity contribution is 6.08. The number of benzene rings is 1. The third-order valence-corrected chi connectivity index (χ3v) is 7.23. The van der Waals surface area contributed by atoms with Crippen molar-refractivity contribution in [2.75, 3.05) is 13.1 Å². The van der Waals surface area contributed by atoms with E-state index in [0.29, 0.717) is 0 Å². The second kappa shape index (κ2) is 7.38. The van der Waals surface area contributed by atoms with Crippen LogP contribution in [0, 0.1) is 11.3 Å². The molecule has 0 amide bonds. The van der Waals surface area contributed by atoms with Crippen molar-refractivity contribution >= 4 is 22.6 Å². The molecule has 0 bridgehead atoms. The largest absolute Gasteiger partial charge is 0.462 e. The molecule has 3 heterocycles. The molecule has 0 radical (unpaired) electrons. The Morgan fingerprint density at radius 3 is 2.79 bits per heavy atom. The number of ether oxygens (including phenoxy) is 1. The first-order valence-electron chi connectivity index (χ1n) is 10.9. The molecule has 2 aromatic rings. The maximum absolute atomic E-state index is 13.1. The van der Waals surface area contributed by atoms with Crippen molar-refractivity contribution in [3.8, 4) is 0 Å². The minimum atomic E-state index is -0.168. The molecule has 0 saturated heterocycles. The maximum Gasteiger partial charge on any atom is 0.310 e. The van der Waals surface area contributed by atoms with Gasteiger partial charge in [-0.2, -0.15) is 0 Å². The van der Waals surface area contributed by atoms with Gasteiger partial charge >= 0.3 is 5.97 Å². The van der Waals surface area contributed by atoms with Gasteiger partial charge in [-0.15, -0.1) is 0 Å². The van der Waals surface area contributed by atoms with Crippen molar-refractivity contribution in [1.29, 1.82) is 0 Å². The third kappa shape index (κ3) is 2.89. The first kappa shape index (κ1) is 19.2. The summed E-state index contributed by atoms with van der Waals surface area (Å²) in [5, 5.41) is 1.33. The molecule has 0 fully saturated rings. The normalized spacial score (nSPS) is 23.9. The predicted octanol–water partition coefficient (Wildman–Crippen LogP) is 4.69. The topological polar surface area (TPSA) is 45.1 Å². The number of rotatable bonds is 5. The molecule has 28 heavy (non-hydrogen) atoms. The van der Waals surface area contributed by atoms with E-state index in [1.54, 1.807) is 0 Å². The highest BCUT2D eigenvalue weighted by Gasteiger charge is 2.53. The van der Waals surface area contributed by atoms with E-state index in [2.05, 4.69) is 54.6 Å². The van der Waals surface area contributed by atoms with E-state index < -0.39 is 0 Å². The minimum Gasteiger partial charge on any atom is -0.462 e. The SMILES string of the molecule is CCC(C)OC(=O)C(C)C1(CC)CCC[N+]2=C1c1[nH]c3ccccc3c1CC2. The summed E-state index contributed by atoms with van der Waals surface area (Å²) in [6.07, 6.45) is 5.02. The molecule has 0 aliphatic carbocycles. The molecule has 4 rings (SSSR count). The number of carbonyl (C=O) groups excluding carboxylic acids is 1. The number of carbonyl (C=O) groups is 1. The van der Waals surface area contributed by atoms with Crippen LogP contribution < -0.4 is 0 Å². The van der Waals surface area contributed by atoms with Crippen LogP contribution in [0.5, 0.6) is 0 Å². The Kier molecular flexibility index (Phi) is 5.07. The Morgan fingerprint density at radius 1 is 1.25 bits per heavy atom. The molecule has 4 nitrogen and oxygen atoms in total. The monoisotopic (exact) mass is 381 g/mol. The molecule has 0 spiro atoms. The number of nitrogens with zero attached hydrogens (tertiary/aromatic N) is 1. The summed E-state index contributed by atoms with van der Waals surface area (Å²) in [4.78, 5) is 16.8. The van der Waals surface area contributed by atoms with Crippen molar-refractivity contribution < 1.29 is 14.1 Å². The molecule has 3 atom stereocenters. The number of para-hydroxylation sites is 1. The van der Waals surface area contributed by atoms with Crippen LogP contribution in [0.25, 0.3) is 10.9 Å². The van der Waals surface area contributed by atoms with Gasteiger partial charge in [0.25, 0.3) is 0 Å². The summed E-state index contributed by atoms with van der Waals surface area (Å²) >= 11 is 0. The number of hydrogen-bond donors (Lipinski definition) is 1. The van der Waals surface area contributed by atoms with E-state index in [-0.39, 0.29) is 23.4 Å². The second-order valence-electron chi connectivity index (χ2n) is 8.60. The standard InChI is InChI=1S/C24H32N2O2/c1-5-16(3)28-23(27)17(4)24(6-2)13-9-14-26-15-12-19-18-10-7-8-11-20(18)25-21(19)22(24)26/h7-8,10-11,16-17H,5-6,9,12-15H2,1-4H3/p+1. The Morgan fingerprint density at radius 2 is 2.04 bits per heavy atom. The van der Waals surface area contributed by atoms with Crippen LogP contribution in [0.2, 0.25) is 0 Å². The lowest BCUT2D eigenvalue weighted by atomic mass is 9.64. The van der Waals surface area contributed by atoms with E-state index in [1.165, 1.54) is 27.9 Å². The van der Waals surface area contributed by atoms with Gasteiger partial charge in [0, 0.05) is 23.7 Å². The number of hydrogen-bond acceptors (Lipinski definition) is 2. The Bertz CT molecular complexity index is 926. The minimum absolute atomic E-state index is 0.0245. The van der Waals surface area contributed by atoms with Crippen LogP contribution in [-0.2, 0) is 16.0 Å². The zero-order chi connectivity index (χ0) is 19.9. The van der Waals surface area contributed by atoms with Gasteiger partial charge in [-0.3, -0.25) is 4.79 Å². The fourth-order valence-corrected chi connectivity index (χ4v) is 5.35. The first-order chi connectivity index (χ1) is 13.5. The van der Waals surface area contributed by atoms with Gasteiger partial charge < -0.3 is 9.72 Å². The van der Waals surface area contributed by atoms with Crippen molar-refractivity contribution in [1.82, 2.24) is 4.98 Å². The summed E-state index contributed by atoms with van der Waals surface area (Å²) in [5.74, 6) is -0.199. The second-order valence-corrected chi connectivity index (χ2v) is 8.60. The summed E-state index contributed by atoms with van der Waals surface area (Å²) in [7, 11) is 0. The van der Waals surface area contributed by atoms with Gasteiger partial charge in [-0.25, -0.2) is 4.58 Å². The summed E-state index contributed by atoms with van der Waals surface area (Å²) < 4.78 is 8.33. The van der Waals surface area contributed by atoms with Crippen LogP contribution in [-0.4, -0.2) is 40.4 Å². The van der Waals surface area contributed by atoms with Gasteiger partial charge in [0.05, 0.1) is 17.4 Å². The van der Waals surface area contributed by atoms with Crippen LogP contribution >= 0.6 is 0 Å². The zero-order valence-corrected chi connectivity index (χ0v) is 17.7. The fraction of sp³-hybridized carbons (Fsp3) is 0.583. The smallest absolute Gasteiger partial charge is 0.310 e. The van der Waals surface area contributed by atoms with Crippen LogP contribution in [0.3, 0.4) is 0 Å². The van der Waals surface area contributed by atoms with Gasteiger partial charge in [0.15, 0.2) is 0 Å². The van der Waals surface area contributed by atoms with Gasteiger partial charge in [0.1, 0.15) is 18.8 Å². The van der Waals surface area contributed by atoms with Gasteiger partial charge in [-0.1, -0.05) is 39.0 Å². The Balaban J connectivity index is 1.82. The molecule has 3 unspecified atom stereocenters. The molecule has 4 heteroatoms. The molecule has 150 valence electrons. The van der Waals surface area contributed by atoms with Crippen LogP contribution in [0.1, 0.15) is 64.6 Å². The number of H-pyrrole nitrogens is 1. The number of fused-ring (bicyclic) bond motifs is 4. The Labute approximate surface area is 168 Å². The summed E-state index contributed by atoms with van der Waals surface area (Å²) in [5.41, 5.74) is 5.07. The average molecular weight is 382 g/mol. The number of aromatic nitrogens is 1. The predicted molar refractivity (Wildman–Crippen MR) is 113 cm³/mol.